The second-order valence-corrected chi connectivity index (χ2v) is 5.20. The van der Waals surface area contributed by atoms with Gasteiger partial charge in [0, 0.05) is 12.1 Å². The largest absolute Gasteiger partial charge is 0.481 e. The summed E-state index contributed by atoms with van der Waals surface area (Å²) < 4.78 is 5.47. The Morgan fingerprint density at radius 1 is 1.41 bits per heavy atom. The van der Waals surface area contributed by atoms with Crippen molar-refractivity contribution in [3.05, 3.63) is 0 Å². The van der Waals surface area contributed by atoms with Gasteiger partial charge in [0.25, 0.3) is 0 Å². The predicted octanol–water partition coefficient (Wildman–Crippen LogP) is 1.32. The van der Waals surface area contributed by atoms with Crippen molar-refractivity contribution in [3.63, 3.8) is 0 Å². The fraction of sp³-hybridized carbons (Fsp3) is 0.833. The molecule has 0 radical (unpaired) electrons. The summed E-state index contributed by atoms with van der Waals surface area (Å²) in [5.41, 5.74) is -0.711. The number of amides is 1. The first-order valence-corrected chi connectivity index (χ1v) is 6.03. The first kappa shape index (κ1) is 14.0. The van der Waals surface area contributed by atoms with E-state index in [0.717, 1.165) is 25.9 Å². The summed E-state index contributed by atoms with van der Waals surface area (Å²) in [6.07, 6.45) is 3.29. The highest BCUT2D eigenvalue weighted by molar-refractivity contribution is 5.78. The average molecular weight is 243 g/mol. The predicted molar refractivity (Wildman–Crippen MR) is 62.7 cm³/mol. The Balaban J connectivity index is 2.34. The molecule has 1 saturated heterocycles. The third-order valence-corrected chi connectivity index (χ3v) is 2.76. The first-order valence-electron chi connectivity index (χ1n) is 6.03. The highest BCUT2D eigenvalue weighted by Gasteiger charge is 2.25. The van der Waals surface area contributed by atoms with Crippen LogP contribution in [0, 0.1) is 0 Å². The number of aliphatic carboxylic acids is 1. The number of carboxylic acids is 1. The number of hydrogen-bond donors (Lipinski definition) is 2. The van der Waals surface area contributed by atoms with Gasteiger partial charge in [0.1, 0.15) is 0 Å². The molecule has 1 aliphatic heterocycles. The fourth-order valence-electron chi connectivity index (χ4n) is 2.03. The molecule has 1 unspecified atom stereocenters. The Bertz CT molecular complexity index is 282. The van der Waals surface area contributed by atoms with Crippen molar-refractivity contribution in [2.45, 2.75) is 57.6 Å². The minimum absolute atomic E-state index is 0.00984. The maximum absolute atomic E-state index is 11.7. The molecule has 5 nitrogen and oxygen atoms in total. The molecule has 0 bridgehead atoms. The molecular weight excluding hydrogens is 222 g/mol. The third-order valence-electron chi connectivity index (χ3n) is 2.76. The van der Waals surface area contributed by atoms with Gasteiger partial charge >= 0.3 is 5.97 Å². The van der Waals surface area contributed by atoms with E-state index < -0.39 is 11.5 Å². The lowest BCUT2D eigenvalue weighted by Gasteiger charge is -2.27. The third kappa shape index (κ3) is 5.68. The second-order valence-electron chi connectivity index (χ2n) is 5.20. The number of carboxylic acid groups (broad SMARTS) is 1. The lowest BCUT2D eigenvalue weighted by atomic mass is 9.99. The highest BCUT2D eigenvalue weighted by Crippen LogP contribution is 2.16. The molecule has 1 fully saturated rings. The SMILES string of the molecule is CC(C)(CC(=O)O)NC(=O)CC1CCCCO1. The number of carbonyl (C=O) groups is 2. The van der Waals surface area contributed by atoms with E-state index in [4.69, 9.17) is 9.84 Å². The van der Waals surface area contributed by atoms with Crippen LogP contribution in [0.15, 0.2) is 0 Å². The molecule has 1 heterocycles. The Hall–Kier alpha value is -1.10. The molecule has 2 N–H and O–H groups in total. The minimum atomic E-state index is -0.913. The summed E-state index contributed by atoms with van der Waals surface area (Å²) in [4.78, 5) is 22.3. The number of hydrogen-bond acceptors (Lipinski definition) is 3. The van der Waals surface area contributed by atoms with Gasteiger partial charge in [-0.3, -0.25) is 9.59 Å². The summed E-state index contributed by atoms with van der Waals surface area (Å²) in [7, 11) is 0. The van der Waals surface area contributed by atoms with E-state index >= 15 is 0 Å². The highest BCUT2D eigenvalue weighted by atomic mass is 16.5. The van der Waals surface area contributed by atoms with Gasteiger partial charge in [0.05, 0.1) is 18.9 Å². The van der Waals surface area contributed by atoms with Crippen LogP contribution in [0.3, 0.4) is 0 Å². The van der Waals surface area contributed by atoms with Gasteiger partial charge in [-0.25, -0.2) is 0 Å². The van der Waals surface area contributed by atoms with Crippen molar-refractivity contribution in [2.24, 2.45) is 0 Å². The second kappa shape index (κ2) is 6.00. The van der Waals surface area contributed by atoms with Gasteiger partial charge in [0.2, 0.25) is 5.91 Å². The molecule has 0 spiro atoms. The van der Waals surface area contributed by atoms with Crippen LogP contribution in [-0.2, 0) is 14.3 Å². The minimum Gasteiger partial charge on any atom is -0.481 e. The van der Waals surface area contributed by atoms with E-state index in [-0.39, 0.29) is 18.4 Å². The van der Waals surface area contributed by atoms with Crippen molar-refractivity contribution in [2.75, 3.05) is 6.61 Å². The van der Waals surface area contributed by atoms with E-state index in [0.29, 0.717) is 6.42 Å². The summed E-state index contributed by atoms with van der Waals surface area (Å²) in [6, 6.07) is 0. The average Bonchev–Trinajstić information content (AvgIpc) is 2.15. The Labute approximate surface area is 102 Å². The molecule has 98 valence electrons. The van der Waals surface area contributed by atoms with Gasteiger partial charge in [-0.1, -0.05) is 0 Å². The van der Waals surface area contributed by atoms with Crippen LogP contribution >= 0.6 is 0 Å². The summed E-state index contributed by atoms with van der Waals surface area (Å²) >= 11 is 0. The van der Waals surface area contributed by atoms with E-state index in [1.165, 1.54) is 0 Å². The quantitative estimate of drug-likeness (QED) is 0.763. The van der Waals surface area contributed by atoms with Gasteiger partial charge in [-0.15, -0.1) is 0 Å². The zero-order valence-electron chi connectivity index (χ0n) is 10.5. The topological polar surface area (TPSA) is 75.6 Å². The molecule has 1 amide bonds. The molecular formula is C12H21NO4. The van der Waals surface area contributed by atoms with Crippen molar-refractivity contribution in [1.29, 1.82) is 0 Å². The van der Waals surface area contributed by atoms with Crippen LogP contribution in [0.2, 0.25) is 0 Å². The Kier molecular flexibility index (Phi) is 4.93. The summed E-state index contributed by atoms with van der Waals surface area (Å²) in [5.74, 6) is -1.05. The fourth-order valence-corrected chi connectivity index (χ4v) is 2.03. The van der Waals surface area contributed by atoms with Crippen LogP contribution in [0.5, 0.6) is 0 Å². The van der Waals surface area contributed by atoms with Gasteiger partial charge < -0.3 is 15.2 Å². The number of carbonyl (C=O) groups excluding carboxylic acids is 1. The molecule has 0 aromatic carbocycles. The van der Waals surface area contributed by atoms with E-state index in [2.05, 4.69) is 5.32 Å². The smallest absolute Gasteiger partial charge is 0.305 e. The molecule has 1 rings (SSSR count). The number of rotatable bonds is 5. The summed E-state index contributed by atoms with van der Waals surface area (Å²) in [5, 5.41) is 11.4. The monoisotopic (exact) mass is 243 g/mol. The van der Waals surface area contributed by atoms with Crippen LogP contribution in [0.25, 0.3) is 0 Å². The maximum Gasteiger partial charge on any atom is 0.305 e. The van der Waals surface area contributed by atoms with Crippen molar-refractivity contribution >= 4 is 11.9 Å². The zero-order chi connectivity index (χ0) is 12.9. The lowest BCUT2D eigenvalue weighted by Crippen LogP contribution is -2.46. The normalized spacial score (nSPS) is 20.9. The molecule has 0 saturated carbocycles. The van der Waals surface area contributed by atoms with Crippen molar-refractivity contribution in [1.82, 2.24) is 5.32 Å². The lowest BCUT2D eigenvalue weighted by molar-refractivity contribution is -0.138. The number of ether oxygens (including phenoxy) is 1. The zero-order valence-corrected chi connectivity index (χ0v) is 10.5. The molecule has 5 heteroatoms. The van der Waals surface area contributed by atoms with Gasteiger partial charge in [0.15, 0.2) is 0 Å². The Morgan fingerprint density at radius 3 is 2.65 bits per heavy atom. The van der Waals surface area contributed by atoms with E-state index in [1.807, 2.05) is 0 Å². The van der Waals surface area contributed by atoms with Gasteiger partial charge in [-0.2, -0.15) is 0 Å². The van der Waals surface area contributed by atoms with Crippen molar-refractivity contribution in [3.8, 4) is 0 Å². The van der Waals surface area contributed by atoms with Crippen LogP contribution < -0.4 is 5.32 Å². The van der Waals surface area contributed by atoms with E-state index in [1.54, 1.807) is 13.8 Å². The standard InChI is InChI=1S/C12H21NO4/c1-12(2,8-11(15)16)13-10(14)7-9-5-3-4-6-17-9/h9H,3-8H2,1-2H3,(H,13,14)(H,15,16). The maximum atomic E-state index is 11.7. The Morgan fingerprint density at radius 2 is 2.12 bits per heavy atom. The van der Waals surface area contributed by atoms with Gasteiger partial charge in [-0.05, 0) is 33.1 Å². The summed E-state index contributed by atoms with van der Waals surface area (Å²) in [6.45, 7) is 4.14. The first-order chi connectivity index (χ1) is 7.89. The molecule has 0 aromatic heterocycles. The van der Waals surface area contributed by atoms with Crippen LogP contribution in [-0.4, -0.2) is 35.2 Å². The van der Waals surface area contributed by atoms with Crippen molar-refractivity contribution < 1.29 is 19.4 Å². The molecule has 1 aliphatic rings. The molecule has 17 heavy (non-hydrogen) atoms. The van der Waals surface area contributed by atoms with Crippen LogP contribution in [0.4, 0.5) is 0 Å². The molecule has 1 atom stereocenters. The molecule has 0 aliphatic carbocycles. The molecule has 0 aromatic rings. The van der Waals surface area contributed by atoms with E-state index in [9.17, 15) is 9.59 Å². The number of nitrogens with one attached hydrogen (secondary N) is 1. The van der Waals surface area contributed by atoms with Crippen LogP contribution in [0.1, 0.15) is 46.0 Å².